The van der Waals surface area contributed by atoms with Gasteiger partial charge in [0.15, 0.2) is 15.6 Å². The summed E-state index contributed by atoms with van der Waals surface area (Å²) in [6, 6.07) is 12.0. The van der Waals surface area contributed by atoms with E-state index in [0.29, 0.717) is 26.6 Å². The number of carbonyl (C=O) groups is 1. The summed E-state index contributed by atoms with van der Waals surface area (Å²) in [6.07, 6.45) is -0.265. The van der Waals surface area contributed by atoms with E-state index in [1.807, 2.05) is 6.92 Å². The third kappa shape index (κ3) is 4.75. The lowest BCUT2D eigenvalue weighted by molar-refractivity contribution is -0.116. The average Bonchev–Trinajstić information content (AvgIpc) is 3.16. The Labute approximate surface area is 198 Å². The van der Waals surface area contributed by atoms with Crippen LogP contribution in [0, 0.1) is 19.7 Å². The molecule has 170 valence electrons. The van der Waals surface area contributed by atoms with Crippen molar-refractivity contribution < 1.29 is 17.6 Å². The fourth-order valence-electron chi connectivity index (χ4n) is 3.56. The Morgan fingerprint density at radius 3 is 2.55 bits per heavy atom. The van der Waals surface area contributed by atoms with Gasteiger partial charge in [-0.3, -0.25) is 14.2 Å². The zero-order chi connectivity index (χ0) is 23.9. The minimum absolute atomic E-state index is 0.00419. The SMILES string of the molecule is Cc1ccc2c(=O)n(-c3ccc(CC(=O)CS(=O)(=O)c4ccc(Cl)s4)cc3F)c(C)nc2c1. The molecule has 10 heteroatoms. The second-order valence-corrected chi connectivity index (χ2v) is 11.6. The number of rotatable bonds is 6. The molecule has 6 nitrogen and oxygen atoms in total. The standard InChI is InChI=1S/C23H18ClFN2O4S2/c1-13-3-5-17-19(9-13)26-14(2)27(23(17)29)20-6-4-15(11-18(20)25)10-16(28)12-33(30,31)22-8-7-21(24)32-22/h3-9,11H,10,12H2,1-2H3. The van der Waals surface area contributed by atoms with Crippen LogP contribution in [-0.2, 0) is 21.1 Å². The van der Waals surface area contributed by atoms with Gasteiger partial charge in [-0.25, -0.2) is 17.8 Å². The largest absolute Gasteiger partial charge is 0.298 e. The number of aryl methyl sites for hydroxylation is 2. The first-order valence-electron chi connectivity index (χ1n) is 9.84. The Balaban J connectivity index is 1.61. The molecule has 0 aliphatic heterocycles. The summed E-state index contributed by atoms with van der Waals surface area (Å²) in [4.78, 5) is 29.8. The van der Waals surface area contributed by atoms with Gasteiger partial charge >= 0.3 is 0 Å². The molecule has 0 amide bonds. The molecule has 0 saturated heterocycles. The van der Waals surface area contributed by atoms with Gasteiger partial charge in [0.1, 0.15) is 21.6 Å². The topological polar surface area (TPSA) is 86.1 Å². The number of thiophene rings is 1. The van der Waals surface area contributed by atoms with Crippen LogP contribution in [0.5, 0.6) is 0 Å². The second kappa shape index (κ2) is 8.81. The van der Waals surface area contributed by atoms with Crippen molar-refractivity contribution in [3.63, 3.8) is 0 Å². The van der Waals surface area contributed by atoms with E-state index in [4.69, 9.17) is 11.6 Å². The average molecular weight is 505 g/mol. The second-order valence-electron chi connectivity index (χ2n) is 7.64. The molecule has 4 rings (SSSR count). The van der Waals surface area contributed by atoms with Crippen LogP contribution in [0.4, 0.5) is 4.39 Å². The first-order chi connectivity index (χ1) is 15.5. The van der Waals surface area contributed by atoms with Crippen LogP contribution >= 0.6 is 22.9 Å². The van der Waals surface area contributed by atoms with Crippen molar-refractivity contribution in [3.8, 4) is 5.69 Å². The summed E-state index contributed by atoms with van der Waals surface area (Å²) in [5, 5.41) is 0.365. The molecular formula is C23H18ClFN2O4S2. The van der Waals surface area contributed by atoms with E-state index < -0.39 is 32.7 Å². The zero-order valence-corrected chi connectivity index (χ0v) is 20.0. The monoisotopic (exact) mass is 504 g/mol. The molecule has 0 atom stereocenters. The van der Waals surface area contributed by atoms with Gasteiger partial charge in [-0.2, -0.15) is 0 Å². The van der Waals surface area contributed by atoms with Crippen molar-refractivity contribution in [2.75, 3.05) is 5.75 Å². The highest BCUT2D eigenvalue weighted by molar-refractivity contribution is 7.94. The number of benzene rings is 2. The highest BCUT2D eigenvalue weighted by Crippen LogP contribution is 2.26. The van der Waals surface area contributed by atoms with E-state index in [0.717, 1.165) is 23.0 Å². The van der Waals surface area contributed by atoms with E-state index in [2.05, 4.69) is 4.98 Å². The molecule has 0 unspecified atom stereocenters. The maximum Gasteiger partial charge on any atom is 0.266 e. The third-order valence-electron chi connectivity index (χ3n) is 5.05. The van der Waals surface area contributed by atoms with Crippen LogP contribution in [0.2, 0.25) is 4.34 Å². The van der Waals surface area contributed by atoms with Gasteiger partial charge in [-0.1, -0.05) is 23.7 Å². The van der Waals surface area contributed by atoms with Gasteiger partial charge in [0.2, 0.25) is 0 Å². The van der Waals surface area contributed by atoms with Gasteiger partial charge in [0, 0.05) is 6.42 Å². The molecule has 33 heavy (non-hydrogen) atoms. The normalized spacial score (nSPS) is 11.8. The van der Waals surface area contributed by atoms with E-state index in [1.165, 1.54) is 28.8 Å². The predicted molar refractivity (Wildman–Crippen MR) is 127 cm³/mol. The minimum Gasteiger partial charge on any atom is -0.298 e. The van der Waals surface area contributed by atoms with Crippen molar-refractivity contribution in [2.45, 2.75) is 24.5 Å². The van der Waals surface area contributed by atoms with Gasteiger partial charge < -0.3 is 0 Å². The Morgan fingerprint density at radius 2 is 1.88 bits per heavy atom. The molecule has 2 aromatic heterocycles. The van der Waals surface area contributed by atoms with E-state index in [-0.39, 0.29) is 16.3 Å². The summed E-state index contributed by atoms with van der Waals surface area (Å²) < 4.78 is 41.2. The van der Waals surface area contributed by atoms with Gasteiger partial charge in [0.05, 0.1) is 20.9 Å². The lowest BCUT2D eigenvalue weighted by Crippen LogP contribution is -2.23. The highest BCUT2D eigenvalue weighted by Gasteiger charge is 2.22. The Kier molecular flexibility index (Phi) is 6.22. The number of hydrogen-bond donors (Lipinski definition) is 0. The van der Waals surface area contributed by atoms with Gasteiger partial charge in [-0.05, 0) is 61.4 Å². The summed E-state index contributed by atoms with van der Waals surface area (Å²) >= 11 is 6.65. The van der Waals surface area contributed by atoms with Crippen molar-refractivity contribution in [2.24, 2.45) is 0 Å². The van der Waals surface area contributed by atoms with E-state index in [1.54, 1.807) is 25.1 Å². The number of Topliss-reactive ketones (excluding diaryl/α,β-unsaturated/α-hetero) is 1. The maximum atomic E-state index is 15.0. The number of hydrogen-bond acceptors (Lipinski definition) is 6. The molecule has 0 N–H and O–H groups in total. The molecule has 0 spiro atoms. The molecule has 2 aromatic carbocycles. The van der Waals surface area contributed by atoms with Crippen molar-refractivity contribution in [3.05, 3.63) is 86.0 Å². The Bertz CT molecular complexity index is 1580. The first-order valence-corrected chi connectivity index (χ1v) is 12.7. The van der Waals surface area contributed by atoms with Gasteiger partial charge in [0.25, 0.3) is 5.56 Å². The van der Waals surface area contributed by atoms with Crippen LogP contribution in [0.3, 0.4) is 0 Å². The molecule has 0 fully saturated rings. The number of ketones is 1. The molecule has 4 aromatic rings. The van der Waals surface area contributed by atoms with Crippen LogP contribution in [0.25, 0.3) is 16.6 Å². The number of halogens is 2. The molecule has 0 aliphatic rings. The summed E-state index contributed by atoms with van der Waals surface area (Å²) in [5.41, 5.74) is 1.39. The highest BCUT2D eigenvalue weighted by atomic mass is 35.5. The van der Waals surface area contributed by atoms with Crippen molar-refractivity contribution in [1.29, 1.82) is 0 Å². The summed E-state index contributed by atoms with van der Waals surface area (Å²) in [6.45, 7) is 3.50. The van der Waals surface area contributed by atoms with Crippen LogP contribution in [0.1, 0.15) is 17.0 Å². The molecular weight excluding hydrogens is 487 g/mol. The third-order valence-corrected chi connectivity index (χ3v) is 8.54. The molecule has 0 saturated carbocycles. The lowest BCUT2D eigenvalue weighted by atomic mass is 10.1. The van der Waals surface area contributed by atoms with Crippen LogP contribution in [0.15, 0.2) is 57.5 Å². The quantitative estimate of drug-likeness (QED) is 0.387. The van der Waals surface area contributed by atoms with Gasteiger partial charge in [-0.15, -0.1) is 11.3 Å². The summed E-state index contributed by atoms with van der Waals surface area (Å²) in [7, 11) is -3.82. The summed E-state index contributed by atoms with van der Waals surface area (Å²) in [5.74, 6) is -1.68. The lowest BCUT2D eigenvalue weighted by Gasteiger charge is -2.13. The van der Waals surface area contributed by atoms with Crippen LogP contribution in [-0.4, -0.2) is 29.5 Å². The minimum atomic E-state index is -3.82. The van der Waals surface area contributed by atoms with Crippen molar-refractivity contribution >= 4 is 49.5 Å². The predicted octanol–water partition coefficient (Wildman–Crippen LogP) is 4.44. The molecule has 0 radical (unpaired) electrons. The molecule has 2 heterocycles. The van der Waals surface area contributed by atoms with E-state index >= 15 is 0 Å². The smallest absolute Gasteiger partial charge is 0.266 e. The Hall–Kier alpha value is -2.88. The number of fused-ring (bicyclic) bond motifs is 1. The molecule has 0 bridgehead atoms. The number of aromatic nitrogens is 2. The van der Waals surface area contributed by atoms with E-state index in [9.17, 15) is 22.4 Å². The number of carbonyl (C=O) groups excluding carboxylic acids is 1. The number of sulfone groups is 1. The van der Waals surface area contributed by atoms with Crippen LogP contribution < -0.4 is 5.56 Å². The molecule has 0 aliphatic carbocycles. The first kappa shape index (κ1) is 23.3. The zero-order valence-electron chi connectivity index (χ0n) is 17.6. The Morgan fingerprint density at radius 1 is 1.12 bits per heavy atom. The fraction of sp³-hybridized carbons (Fsp3) is 0.174. The fourth-order valence-corrected chi connectivity index (χ4v) is 6.37. The van der Waals surface area contributed by atoms with Crippen molar-refractivity contribution in [1.82, 2.24) is 9.55 Å². The number of nitrogens with zero attached hydrogens (tertiary/aromatic N) is 2. The maximum absolute atomic E-state index is 15.0.